The average Bonchev–Trinajstić information content (AvgIpc) is 3.05. The SMILES string of the molecule is CO[C@@H]1CN(C(=O)/C=C/c2csc(C)n2)CC[C@@H]1Cc1cccc(C)c1. The predicted octanol–water partition coefficient (Wildman–Crippen LogP) is 3.88. The number of thiazole rings is 1. The van der Waals surface area contributed by atoms with Gasteiger partial charge in [0.05, 0.1) is 16.8 Å². The third-order valence-corrected chi connectivity index (χ3v) is 5.72. The van der Waals surface area contributed by atoms with Crippen LogP contribution in [0, 0.1) is 19.8 Å². The van der Waals surface area contributed by atoms with Gasteiger partial charge in [0, 0.05) is 31.7 Å². The van der Waals surface area contributed by atoms with Crippen molar-refractivity contribution in [2.75, 3.05) is 20.2 Å². The van der Waals surface area contributed by atoms with Gasteiger partial charge in [-0.3, -0.25) is 4.79 Å². The fraction of sp³-hybridized carbons (Fsp3) is 0.429. The van der Waals surface area contributed by atoms with Crippen LogP contribution >= 0.6 is 11.3 Å². The number of piperidine rings is 1. The zero-order valence-corrected chi connectivity index (χ0v) is 16.5. The topological polar surface area (TPSA) is 42.4 Å². The Morgan fingerprint density at radius 1 is 1.42 bits per heavy atom. The molecule has 1 saturated heterocycles. The average molecular weight is 371 g/mol. The number of hydrogen-bond acceptors (Lipinski definition) is 4. The molecule has 0 saturated carbocycles. The Morgan fingerprint density at radius 3 is 2.96 bits per heavy atom. The Kier molecular flexibility index (Phi) is 6.22. The molecule has 1 fully saturated rings. The van der Waals surface area contributed by atoms with Crippen LogP contribution < -0.4 is 0 Å². The maximum absolute atomic E-state index is 12.5. The first-order chi connectivity index (χ1) is 12.5. The van der Waals surface area contributed by atoms with E-state index < -0.39 is 0 Å². The zero-order valence-electron chi connectivity index (χ0n) is 15.6. The van der Waals surface area contributed by atoms with Crippen LogP contribution in [0.25, 0.3) is 6.08 Å². The van der Waals surface area contributed by atoms with E-state index >= 15 is 0 Å². The minimum atomic E-state index is 0.0340. The molecule has 0 spiro atoms. The number of carbonyl (C=O) groups excluding carboxylic acids is 1. The van der Waals surface area contributed by atoms with E-state index in [1.54, 1.807) is 30.6 Å². The van der Waals surface area contributed by atoms with E-state index in [4.69, 9.17) is 4.74 Å². The summed E-state index contributed by atoms with van der Waals surface area (Å²) in [5, 5.41) is 2.97. The van der Waals surface area contributed by atoms with Gasteiger partial charge in [0.2, 0.25) is 5.91 Å². The molecule has 5 heteroatoms. The molecule has 26 heavy (non-hydrogen) atoms. The predicted molar refractivity (Wildman–Crippen MR) is 106 cm³/mol. The highest BCUT2D eigenvalue weighted by molar-refractivity contribution is 7.09. The van der Waals surface area contributed by atoms with E-state index in [0.29, 0.717) is 12.5 Å². The van der Waals surface area contributed by atoms with Gasteiger partial charge in [-0.15, -0.1) is 11.3 Å². The lowest BCUT2D eigenvalue weighted by Crippen LogP contribution is -2.47. The Morgan fingerprint density at radius 2 is 2.27 bits per heavy atom. The lowest BCUT2D eigenvalue weighted by atomic mass is 9.87. The zero-order chi connectivity index (χ0) is 18.5. The molecule has 4 nitrogen and oxygen atoms in total. The molecule has 3 rings (SSSR count). The summed E-state index contributed by atoms with van der Waals surface area (Å²) in [4.78, 5) is 18.8. The Bertz CT molecular complexity index is 784. The molecule has 1 aromatic heterocycles. The van der Waals surface area contributed by atoms with Crippen LogP contribution in [0.2, 0.25) is 0 Å². The third-order valence-electron chi connectivity index (χ3n) is 4.92. The number of rotatable bonds is 5. The van der Waals surface area contributed by atoms with Crippen LogP contribution in [0.4, 0.5) is 0 Å². The molecule has 0 bridgehead atoms. The molecule has 1 aromatic carbocycles. The summed E-state index contributed by atoms with van der Waals surface area (Å²) >= 11 is 1.59. The van der Waals surface area contributed by atoms with E-state index in [-0.39, 0.29) is 12.0 Å². The number of aryl methyl sites for hydroxylation is 2. The van der Waals surface area contributed by atoms with Crippen molar-refractivity contribution in [3.05, 3.63) is 57.6 Å². The van der Waals surface area contributed by atoms with Gasteiger partial charge in [0.25, 0.3) is 0 Å². The largest absolute Gasteiger partial charge is 0.379 e. The number of nitrogens with zero attached hydrogens (tertiary/aromatic N) is 2. The normalized spacial score (nSPS) is 20.7. The molecule has 1 aliphatic rings. The van der Waals surface area contributed by atoms with Gasteiger partial charge in [0.15, 0.2) is 0 Å². The second kappa shape index (κ2) is 8.60. The molecule has 0 N–H and O–H groups in total. The fourth-order valence-electron chi connectivity index (χ4n) is 3.53. The molecule has 0 unspecified atom stereocenters. The lowest BCUT2D eigenvalue weighted by Gasteiger charge is -2.37. The fourth-order valence-corrected chi connectivity index (χ4v) is 4.11. The monoisotopic (exact) mass is 370 g/mol. The van der Waals surface area contributed by atoms with Crippen molar-refractivity contribution in [1.29, 1.82) is 0 Å². The van der Waals surface area contributed by atoms with E-state index in [1.807, 2.05) is 17.2 Å². The van der Waals surface area contributed by atoms with Crippen molar-refractivity contribution in [1.82, 2.24) is 9.88 Å². The van der Waals surface area contributed by atoms with Crippen molar-refractivity contribution in [3.63, 3.8) is 0 Å². The van der Waals surface area contributed by atoms with E-state index in [2.05, 4.69) is 36.2 Å². The van der Waals surface area contributed by atoms with Crippen LogP contribution in [0.1, 0.15) is 28.2 Å². The van der Waals surface area contributed by atoms with Crippen molar-refractivity contribution >= 4 is 23.3 Å². The molecule has 0 aliphatic carbocycles. The summed E-state index contributed by atoms with van der Waals surface area (Å²) in [6.07, 6.45) is 5.45. The van der Waals surface area contributed by atoms with Crippen LogP contribution in [-0.4, -0.2) is 42.1 Å². The van der Waals surface area contributed by atoms with Gasteiger partial charge < -0.3 is 9.64 Å². The number of ether oxygens (including phenoxy) is 1. The van der Waals surface area contributed by atoms with Crippen molar-refractivity contribution < 1.29 is 9.53 Å². The lowest BCUT2D eigenvalue weighted by molar-refractivity contribution is -0.131. The number of hydrogen-bond donors (Lipinski definition) is 0. The Hall–Kier alpha value is -1.98. The van der Waals surface area contributed by atoms with Gasteiger partial charge in [-0.1, -0.05) is 29.8 Å². The summed E-state index contributed by atoms with van der Waals surface area (Å²) in [6.45, 7) is 5.50. The maximum Gasteiger partial charge on any atom is 0.246 e. The third kappa shape index (κ3) is 4.80. The molecular formula is C21H26N2O2S. The molecule has 2 atom stereocenters. The number of likely N-dealkylation sites (tertiary alicyclic amines) is 1. The molecular weight excluding hydrogens is 344 g/mol. The van der Waals surface area contributed by atoms with E-state index in [9.17, 15) is 4.79 Å². The number of carbonyl (C=O) groups is 1. The summed E-state index contributed by atoms with van der Waals surface area (Å²) < 4.78 is 5.72. The quantitative estimate of drug-likeness (QED) is 0.750. The smallest absolute Gasteiger partial charge is 0.246 e. The highest BCUT2D eigenvalue weighted by atomic mass is 32.1. The molecule has 0 radical (unpaired) electrons. The van der Waals surface area contributed by atoms with Crippen LogP contribution in [0.3, 0.4) is 0 Å². The van der Waals surface area contributed by atoms with Gasteiger partial charge in [-0.25, -0.2) is 4.98 Å². The maximum atomic E-state index is 12.5. The van der Waals surface area contributed by atoms with Gasteiger partial charge in [0.1, 0.15) is 0 Å². The van der Waals surface area contributed by atoms with Gasteiger partial charge in [-0.05, 0) is 44.2 Å². The van der Waals surface area contributed by atoms with Crippen LogP contribution in [0.5, 0.6) is 0 Å². The number of aromatic nitrogens is 1. The minimum Gasteiger partial charge on any atom is -0.379 e. The second-order valence-corrected chi connectivity index (χ2v) is 7.99. The second-order valence-electron chi connectivity index (χ2n) is 6.93. The Balaban J connectivity index is 1.60. The summed E-state index contributed by atoms with van der Waals surface area (Å²) in [5.41, 5.74) is 3.47. The van der Waals surface area contributed by atoms with Gasteiger partial charge >= 0.3 is 0 Å². The van der Waals surface area contributed by atoms with E-state index in [0.717, 1.165) is 30.1 Å². The number of methoxy groups -OCH3 is 1. The molecule has 2 aromatic rings. The first kappa shape index (κ1) is 18.8. The summed E-state index contributed by atoms with van der Waals surface area (Å²) in [7, 11) is 1.75. The standard InChI is InChI=1S/C21H26N2O2S/c1-15-5-4-6-17(11-15)12-18-9-10-23(13-20(18)25-3)21(24)8-7-19-14-26-16(2)22-19/h4-8,11,14,18,20H,9-10,12-13H2,1-3H3/b8-7+/t18-,20-/m1/s1. The van der Waals surface area contributed by atoms with Crippen LogP contribution in [0.15, 0.2) is 35.7 Å². The first-order valence-electron chi connectivity index (χ1n) is 9.02. The molecule has 1 aliphatic heterocycles. The molecule has 138 valence electrons. The highest BCUT2D eigenvalue weighted by Gasteiger charge is 2.30. The van der Waals surface area contributed by atoms with Crippen LogP contribution in [-0.2, 0) is 16.0 Å². The van der Waals surface area contributed by atoms with Crippen molar-refractivity contribution in [3.8, 4) is 0 Å². The number of amides is 1. The molecule has 2 heterocycles. The minimum absolute atomic E-state index is 0.0340. The van der Waals surface area contributed by atoms with Crippen molar-refractivity contribution in [2.24, 2.45) is 5.92 Å². The Labute approximate surface area is 159 Å². The first-order valence-corrected chi connectivity index (χ1v) is 9.90. The summed E-state index contributed by atoms with van der Waals surface area (Å²) in [6, 6.07) is 8.64. The van der Waals surface area contributed by atoms with Crippen molar-refractivity contribution in [2.45, 2.75) is 32.8 Å². The molecule has 1 amide bonds. The van der Waals surface area contributed by atoms with Gasteiger partial charge in [-0.2, -0.15) is 0 Å². The summed E-state index contributed by atoms with van der Waals surface area (Å²) in [5.74, 6) is 0.475. The number of benzene rings is 1. The highest BCUT2D eigenvalue weighted by Crippen LogP contribution is 2.25. The van der Waals surface area contributed by atoms with E-state index in [1.165, 1.54) is 11.1 Å².